The zero-order chi connectivity index (χ0) is 18.6. The minimum Gasteiger partial charge on any atom is -0.476 e. The van der Waals surface area contributed by atoms with Crippen LogP contribution in [0.2, 0.25) is 0 Å². The number of hydrogen-bond donors (Lipinski definition) is 1. The third kappa shape index (κ3) is 4.59. The molecule has 136 valence electrons. The van der Waals surface area contributed by atoms with Gasteiger partial charge in [-0.2, -0.15) is 0 Å². The molecule has 6 nitrogen and oxygen atoms in total. The Morgan fingerprint density at radius 1 is 1.08 bits per heavy atom. The van der Waals surface area contributed by atoms with Crippen molar-refractivity contribution in [2.45, 2.75) is 18.1 Å². The lowest BCUT2D eigenvalue weighted by Crippen LogP contribution is -2.11. The number of anilines is 1. The highest BCUT2D eigenvalue weighted by atomic mass is 32.2. The van der Waals surface area contributed by atoms with E-state index in [0.717, 1.165) is 5.56 Å². The molecule has 2 aromatic heterocycles. The van der Waals surface area contributed by atoms with E-state index in [1.165, 1.54) is 11.3 Å². The zero-order valence-corrected chi connectivity index (χ0v) is 16.0. The summed E-state index contributed by atoms with van der Waals surface area (Å²) in [6.45, 7) is 4.72. The molecule has 0 saturated heterocycles. The molecular formula is C18H19N3O3S2. The molecule has 0 aliphatic heterocycles. The fraction of sp³-hybridized carbons (Fsp3) is 0.222. The number of rotatable bonds is 7. The molecule has 2 heterocycles. The number of sulfonamides is 1. The van der Waals surface area contributed by atoms with Crippen LogP contribution in [0.5, 0.6) is 5.88 Å². The molecule has 0 bridgehead atoms. The Labute approximate surface area is 156 Å². The van der Waals surface area contributed by atoms with Gasteiger partial charge in [-0.25, -0.2) is 8.42 Å². The molecule has 0 amide bonds. The Morgan fingerprint density at radius 2 is 1.85 bits per heavy atom. The van der Waals surface area contributed by atoms with E-state index in [-0.39, 0.29) is 4.21 Å². The first-order chi connectivity index (χ1) is 12.4. The normalized spacial score (nSPS) is 11.5. The van der Waals surface area contributed by atoms with Crippen LogP contribution < -0.4 is 9.46 Å². The van der Waals surface area contributed by atoms with Crippen molar-refractivity contribution in [3.05, 3.63) is 53.9 Å². The second-order valence-corrected chi connectivity index (χ2v) is 8.93. The predicted octanol–water partition coefficient (Wildman–Crippen LogP) is 4.04. The number of nitrogens with one attached hydrogen (secondary N) is 1. The zero-order valence-electron chi connectivity index (χ0n) is 14.4. The van der Waals surface area contributed by atoms with E-state index >= 15 is 0 Å². The summed E-state index contributed by atoms with van der Waals surface area (Å²) in [5, 5.41) is 9.95. The summed E-state index contributed by atoms with van der Waals surface area (Å²) in [5.74, 6) is 0.907. The van der Waals surface area contributed by atoms with Crippen LogP contribution >= 0.6 is 11.3 Å². The minimum absolute atomic E-state index is 0.282. The van der Waals surface area contributed by atoms with Crippen LogP contribution in [0.1, 0.15) is 13.8 Å². The number of aromatic nitrogens is 2. The van der Waals surface area contributed by atoms with E-state index in [4.69, 9.17) is 4.74 Å². The molecule has 0 aliphatic carbocycles. The van der Waals surface area contributed by atoms with Crippen LogP contribution in [0, 0.1) is 5.92 Å². The highest BCUT2D eigenvalue weighted by Gasteiger charge is 2.15. The molecule has 0 aliphatic rings. The van der Waals surface area contributed by atoms with Gasteiger partial charge in [0.15, 0.2) is 0 Å². The van der Waals surface area contributed by atoms with E-state index in [1.807, 2.05) is 6.07 Å². The number of nitrogens with zero attached hydrogens (tertiary/aromatic N) is 2. The number of hydrogen-bond acceptors (Lipinski definition) is 6. The van der Waals surface area contributed by atoms with E-state index in [9.17, 15) is 8.42 Å². The van der Waals surface area contributed by atoms with Crippen molar-refractivity contribution in [1.29, 1.82) is 0 Å². The van der Waals surface area contributed by atoms with Gasteiger partial charge in [0, 0.05) is 17.3 Å². The van der Waals surface area contributed by atoms with Gasteiger partial charge in [0.05, 0.1) is 12.3 Å². The summed E-state index contributed by atoms with van der Waals surface area (Å²) >= 11 is 1.18. The van der Waals surface area contributed by atoms with E-state index < -0.39 is 10.0 Å². The van der Waals surface area contributed by atoms with E-state index in [1.54, 1.807) is 47.8 Å². The Morgan fingerprint density at radius 3 is 2.42 bits per heavy atom. The predicted molar refractivity (Wildman–Crippen MR) is 103 cm³/mol. The van der Waals surface area contributed by atoms with Gasteiger partial charge in [0.1, 0.15) is 4.21 Å². The molecule has 8 heteroatoms. The van der Waals surface area contributed by atoms with Crippen molar-refractivity contribution in [3.8, 4) is 17.1 Å². The smallest absolute Gasteiger partial charge is 0.271 e. The topological polar surface area (TPSA) is 81.2 Å². The van der Waals surface area contributed by atoms with Gasteiger partial charge >= 0.3 is 0 Å². The maximum Gasteiger partial charge on any atom is 0.271 e. The molecule has 0 radical (unpaired) electrons. The van der Waals surface area contributed by atoms with Gasteiger partial charge in [-0.3, -0.25) is 4.72 Å². The average Bonchev–Trinajstić information content (AvgIpc) is 3.16. The van der Waals surface area contributed by atoms with Crippen LogP contribution in [-0.4, -0.2) is 25.2 Å². The highest BCUT2D eigenvalue weighted by Crippen LogP contribution is 2.23. The van der Waals surface area contributed by atoms with Crippen LogP contribution in [0.25, 0.3) is 11.3 Å². The molecule has 0 fully saturated rings. The van der Waals surface area contributed by atoms with Gasteiger partial charge in [-0.15, -0.1) is 21.5 Å². The third-order valence-corrected chi connectivity index (χ3v) is 6.18. The summed E-state index contributed by atoms with van der Waals surface area (Å²) in [6.07, 6.45) is 0. The van der Waals surface area contributed by atoms with Crippen molar-refractivity contribution < 1.29 is 13.2 Å². The van der Waals surface area contributed by atoms with Crippen molar-refractivity contribution in [2.24, 2.45) is 5.92 Å². The summed E-state index contributed by atoms with van der Waals surface area (Å²) < 4.78 is 32.8. The van der Waals surface area contributed by atoms with Gasteiger partial charge in [0.25, 0.3) is 10.0 Å². The molecule has 3 aromatic rings. The summed E-state index contributed by atoms with van der Waals surface area (Å²) in [6, 6.07) is 13.9. The van der Waals surface area contributed by atoms with E-state index in [2.05, 4.69) is 28.8 Å². The quantitative estimate of drug-likeness (QED) is 0.659. The van der Waals surface area contributed by atoms with Crippen LogP contribution in [0.3, 0.4) is 0 Å². The van der Waals surface area contributed by atoms with Gasteiger partial charge in [0.2, 0.25) is 5.88 Å². The Balaban J connectivity index is 1.69. The van der Waals surface area contributed by atoms with Crippen molar-refractivity contribution in [3.63, 3.8) is 0 Å². The molecule has 3 rings (SSSR count). The van der Waals surface area contributed by atoms with Crippen molar-refractivity contribution in [2.75, 3.05) is 11.3 Å². The van der Waals surface area contributed by atoms with Gasteiger partial charge < -0.3 is 4.74 Å². The Hall–Kier alpha value is -2.45. The lowest BCUT2D eigenvalue weighted by Gasteiger charge is -2.08. The summed E-state index contributed by atoms with van der Waals surface area (Å²) in [7, 11) is -3.54. The molecule has 0 atom stereocenters. The first-order valence-electron chi connectivity index (χ1n) is 8.07. The molecule has 0 unspecified atom stereocenters. The molecule has 1 N–H and O–H groups in total. The van der Waals surface area contributed by atoms with Crippen molar-refractivity contribution >= 4 is 27.0 Å². The minimum atomic E-state index is -3.54. The third-order valence-electron chi connectivity index (χ3n) is 3.40. The maximum atomic E-state index is 12.2. The van der Waals surface area contributed by atoms with Crippen LogP contribution in [0.4, 0.5) is 5.69 Å². The first kappa shape index (κ1) is 18.3. The summed E-state index contributed by atoms with van der Waals surface area (Å²) in [4.78, 5) is 0. The van der Waals surface area contributed by atoms with Gasteiger partial charge in [-0.05, 0) is 35.6 Å². The lowest BCUT2D eigenvalue weighted by molar-refractivity contribution is 0.258. The van der Waals surface area contributed by atoms with Crippen LogP contribution in [-0.2, 0) is 10.0 Å². The fourth-order valence-electron chi connectivity index (χ4n) is 2.13. The second kappa shape index (κ2) is 7.84. The molecular weight excluding hydrogens is 370 g/mol. The van der Waals surface area contributed by atoms with Crippen LogP contribution in [0.15, 0.2) is 58.1 Å². The Kier molecular flexibility index (Phi) is 5.53. The maximum absolute atomic E-state index is 12.2. The Bertz CT molecular complexity index is 936. The summed E-state index contributed by atoms with van der Waals surface area (Å²) in [5.41, 5.74) is 2.02. The van der Waals surface area contributed by atoms with Gasteiger partial charge in [-0.1, -0.05) is 32.0 Å². The molecule has 0 saturated carbocycles. The largest absolute Gasteiger partial charge is 0.476 e. The molecule has 0 spiro atoms. The van der Waals surface area contributed by atoms with Crippen molar-refractivity contribution in [1.82, 2.24) is 10.2 Å². The SMILES string of the molecule is CC(C)COc1ccc(-c2ccc(NS(=O)(=O)c3cccs3)cc2)nn1. The first-order valence-corrected chi connectivity index (χ1v) is 10.4. The monoisotopic (exact) mass is 389 g/mol. The highest BCUT2D eigenvalue weighted by molar-refractivity contribution is 7.94. The number of benzene rings is 1. The number of ether oxygens (including phenoxy) is 1. The number of thiophene rings is 1. The standard InChI is InChI=1S/C18H19N3O3S2/c1-13(2)12-24-17-10-9-16(19-20-17)14-5-7-15(8-6-14)21-26(22,23)18-4-3-11-25-18/h3-11,13,21H,12H2,1-2H3. The molecule has 26 heavy (non-hydrogen) atoms. The van der Waals surface area contributed by atoms with E-state index in [0.29, 0.717) is 29.8 Å². The molecule has 1 aromatic carbocycles. The lowest BCUT2D eigenvalue weighted by atomic mass is 10.1. The second-order valence-electron chi connectivity index (χ2n) is 6.08. The average molecular weight is 390 g/mol. The fourth-order valence-corrected chi connectivity index (χ4v) is 4.19.